The summed E-state index contributed by atoms with van der Waals surface area (Å²) >= 11 is 11.9. The van der Waals surface area contributed by atoms with Crippen LogP contribution in [-0.2, 0) is 0 Å². The second-order valence-electron chi connectivity index (χ2n) is 4.21. The van der Waals surface area contributed by atoms with Gasteiger partial charge >= 0.3 is 0 Å². The number of hydrazine groups is 1. The number of hydrogen-bond donors (Lipinski definition) is 4. The van der Waals surface area contributed by atoms with Gasteiger partial charge < -0.3 is 15.8 Å². The van der Waals surface area contributed by atoms with E-state index in [2.05, 4.69) is 15.7 Å². The Morgan fingerprint density at radius 3 is 2.47 bits per heavy atom. The lowest BCUT2D eigenvalue weighted by molar-refractivity contribution is 0.144. The molecule has 0 unspecified atom stereocenters. The molecule has 1 aromatic rings. The summed E-state index contributed by atoms with van der Waals surface area (Å²) < 4.78 is 0. The Labute approximate surface area is 109 Å². The normalized spacial score (nSPS) is 17.4. The number of nitrogen functional groups attached to an aromatic ring is 1. The van der Waals surface area contributed by atoms with Crippen LogP contribution in [0.2, 0.25) is 10.0 Å². The predicted molar refractivity (Wildman–Crippen MR) is 69.4 cm³/mol. The van der Waals surface area contributed by atoms with Crippen LogP contribution in [0.15, 0.2) is 6.07 Å². The monoisotopic (exact) mass is 276 g/mol. The van der Waals surface area contributed by atoms with Crippen molar-refractivity contribution in [3.8, 4) is 0 Å². The first-order chi connectivity index (χ1) is 8.10. The summed E-state index contributed by atoms with van der Waals surface area (Å²) in [5.41, 5.74) is 2.09. The Morgan fingerprint density at radius 2 is 2.00 bits per heavy atom. The van der Waals surface area contributed by atoms with Crippen molar-refractivity contribution in [1.82, 2.24) is 4.98 Å². The zero-order valence-corrected chi connectivity index (χ0v) is 10.6. The molecule has 0 bridgehead atoms. The Kier molecular flexibility index (Phi) is 3.63. The highest BCUT2D eigenvalue weighted by atomic mass is 35.5. The molecule has 2 rings (SSSR count). The fourth-order valence-corrected chi connectivity index (χ4v) is 2.29. The van der Waals surface area contributed by atoms with E-state index in [9.17, 15) is 5.11 Å². The highest BCUT2D eigenvalue weighted by Gasteiger charge is 2.37. The number of aliphatic hydroxyl groups is 1. The maximum Gasteiger partial charge on any atom is 0.161 e. The lowest BCUT2D eigenvalue weighted by Gasteiger charge is -2.41. The first kappa shape index (κ1) is 12.7. The van der Waals surface area contributed by atoms with E-state index in [-0.39, 0.29) is 12.1 Å². The van der Waals surface area contributed by atoms with Crippen LogP contribution >= 0.6 is 23.2 Å². The van der Waals surface area contributed by atoms with Gasteiger partial charge in [0.1, 0.15) is 5.82 Å². The van der Waals surface area contributed by atoms with Crippen molar-refractivity contribution in [1.29, 1.82) is 0 Å². The van der Waals surface area contributed by atoms with Crippen LogP contribution in [0.5, 0.6) is 0 Å². The molecule has 0 radical (unpaired) electrons. The first-order valence-corrected chi connectivity index (χ1v) is 6.07. The third-order valence-electron chi connectivity index (χ3n) is 3.06. The molecular weight excluding hydrogens is 263 g/mol. The lowest BCUT2D eigenvalue weighted by atomic mass is 9.77. The number of hydrogen-bond acceptors (Lipinski definition) is 5. The van der Waals surface area contributed by atoms with E-state index >= 15 is 0 Å². The van der Waals surface area contributed by atoms with Gasteiger partial charge in [0, 0.05) is 0 Å². The molecule has 1 heterocycles. The molecule has 0 aromatic carbocycles. The molecule has 0 amide bonds. The molecule has 1 aliphatic carbocycles. The van der Waals surface area contributed by atoms with Gasteiger partial charge in [-0.2, -0.15) is 0 Å². The fourth-order valence-electron chi connectivity index (χ4n) is 1.83. The molecular formula is C10H14Cl2N4O. The summed E-state index contributed by atoms with van der Waals surface area (Å²) in [6, 6.07) is 1.57. The maximum atomic E-state index is 9.37. The average Bonchev–Trinajstić information content (AvgIpc) is 2.26. The van der Waals surface area contributed by atoms with Crippen LogP contribution in [0, 0.1) is 0 Å². The van der Waals surface area contributed by atoms with E-state index < -0.39 is 0 Å². The molecule has 1 aliphatic rings. The molecule has 17 heavy (non-hydrogen) atoms. The quantitative estimate of drug-likeness (QED) is 0.500. The minimum atomic E-state index is -0.309. The summed E-state index contributed by atoms with van der Waals surface area (Å²) in [6.07, 6.45) is 2.88. The number of anilines is 2. The summed E-state index contributed by atoms with van der Waals surface area (Å²) in [5.74, 6) is 6.13. The Balaban J connectivity index is 2.26. The first-order valence-electron chi connectivity index (χ1n) is 5.32. The van der Waals surface area contributed by atoms with E-state index in [1.54, 1.807) is 6.07 Å². The zero-order valence-electron chi connectivity index (χ0n) is 9.13. The number of halogens is 2. The third-order valence-corrected chi connectivity index (χ3v) is 3.64. The number of nitrogens with zero attached hydrogens (tertiary/aromatic N) is 1. The molecule has 1 fully saturated rings. The van der Waals surface area contributed by atoms with Gasteiger partial charge in [0.2, 0.25) is 0 Å². The van der Waals surface area contributed by atoms with Crippen LogP contribution in [0.4, 0.5) is 11.6 Å². The molecule has 0 spiro atoms. The Hall–Kier alpha value is -0.750. The Morgan fingerprint density at radius 1 is 1.35 bits per heavy atom. The van der Waals surface area contributed by atoms with Crippen LogP contribution < -0.4 is 16.6 Å². The number of aromatic nitrogens is 1. The standard InChI is InChI=1S/C10H14Cl2N4O/c11-6-4-7(12)9(16-13)14-8(6)15-10(5-17)2-1-3-10/h4,17H,1-3,5,13H2,(H2,14,15,16). The summed E-state index contributed by atoms with van der Waals surface area (Å²) in [7, 11) is 0. The number of nitrogens with two attached hydrogens (primary N) is 1. The summed E-state index contributed by atoms with van der Waals surface area (Å²) in [4.78, 5) is 4.18. The van der Waals surface area contributed by atoms with Gasteiger partial charge in [-0.1, -0.05) is 23.2 Å². The fraction of sp³-hybridized carbons (Fsp3) is 0.500. The second-order valence-corrected chi connectivity index (χ2v) is 5.02. The Bertz CT molecular complexity index is 418. The van der Waals surface area contributed by atoms with Gasteiger partial charge in [-0.15, -0.1) is 0 Å². The summed E-state index contributed by atoms with van der Waals surface area (Å²) in [6.45, 7) is 0.0546. The van der Waals surface area contributed by atoms with Crippen molar-refractivity contribution in [3.05, 3.63) is 16.1 Å². The van der Waals surface area contributed by atoms with Crippen molar-refractivity contribution in [3.63, 3.8) is 0 Å². The predicted octanol–water partition coefficient (Wildman–Crippen LogP) is 2.00. The van der Waals surface area contributed by atoms with Crippen LogP contribution in [0.25, 0.3) is 0 Å². The SMILES string of the molecule is NNc1nc(NC2(CO)CCC2)c(Cl)cc1Cl. The molecule has 0 saturated heterocycles. The molecule has 5 N–H and O–H groups in total. The van der Waals surface area contributed by atoms with E-state index in [4.69, 9.17) is 29.0 Å². The van der Waals surface area contributed by atoms with Gasteiger partial charge in [0.15, 0.2) is 5.82 Å². The van der Waals surface area contributed by atoms with Gasteiger partial charge in [0.05, 0.1) is 22.2 Å². The largest absolute Gasteiger partial charge is 0.394 e. The van der Waals surface area contributed by atoms with Gasteiger partial charge in [-0.3, -0.25) is 0 Å². The van der Waals surface area contributed by atoms with Gasteiger partial charge in [-0.05, 0) is 25.3 Å². The molecule has 7 heteroatoms. The number of nitrogens with one attached hydrogen (secondary N) is 2. The van der Waals surface area contributed by atoms with Gasteiger partial charge in [-0.25, -0.2) is 10.8 Å². The van der Waals surface area contributed by atoms with E-state index in [0.29, 0.717) is 21.7 Å². The maximum absolute atomic E-state index is 9.37. The second kappa shape index (κ2) is 4.86. The summed E-state index contributed by atoms with van der Waals surface area (Å²) in [5, 5.41) is 13.3. The van der Waals surface area contributed by atoms with Crippen molar-refractivity contribution in [2.75, 3.05) is 17.3 Å². The molecule has 5 nitrogen and oxygen atoms in total. The lowest BCUT2D eigenvalue weighted by Crippen LogP contribution is -2.48. The van der Waals surface area contributed by atoms with Crippen molar-refractivity contribution in [2.24, 2.45) is 5.84 Å². The van der Waals surface area contributed by atoms with Crippen LogP contribution in [-0.4, -0.2) is 22.2 Å². The average molecular weight is 277 g/mol. The van der Waals surface area contributed by atoms with Gasteiger partial charge in [0.25, 0.3) is 0 Å². The smallest absolute Gasteiger partial charge is 0.161 e. The third kappa shape index (κ3) is 2.42. The number of pyridine rings is 1. The van der Waals surface area contributed by atoms with Crippen molar-refractivity contribution in [2.45, 2.75) is 24.8 Å². The molecule has 94 valence electrons. The van der Waals surface area contributed by atoms with E-state index in [1.807, 2.05) is 0 Å². The highest BCUT2D eigenvalue weighted by Crippen LogP contribution is 2.37. The molecule has 0 atom stereocenters. The highest BCUT2D eigenvalue weighted by molar-refractivity contribution is 6.37. The van der Waals surface area contributed by atoms with Crippen LogP contribution in [0.3, 0.4) is 0 Å². The topological polar surface area (TPSA) is 83.2 Å². The minimum absolute atomic E-state index is 0.0546. The van der Waals surface area contributed by atoms with E-state index in [1.165, 1.54) is 0 Å². The van der Waals surface area contributed by atoms with Crippen molar-refractivity contribution < 1.29 is 5.11 Å². The zero-order chi connectivity index (χ0) is 12.5. The molecule has 1 saturated carbocycles. The molecule has 0 aliphatic heterocycles. The number of aliphatic hydroxyl groups excluding tert-OH is 1. The van der Waals surface area contributed by atoms with Crippen LogP contribution in [0.1, 0.15) is 19.3 Å². The van der Waals surface area contributed by atoms with E-state index in [0.717, 1.165) is 19.3 Å². The molecule has 1 aromatic heterocycles. The minimum Gasteiger partial charge on any atom is -0.394 e. The van der Waals surface area contributed by atoms with Crippen molar-refractivity contribution >= 4 is 34.8 Å². The number of rotatable bonds is 4.